The molecule has 27 heavy (non-hydrogen) atoms. The number of hydrogen-bond acceptors (Lipinski definition) is 5. The maximum Gasteiger partial charge on any atom is 0.315 e. The molecule has 138 valence electrons. The fraction of sp³-hybridized carbons (Fsp3) is 0.238. The number of rotatable bonds is 6. The van der Waals surface area contributed by atoms with Crippen LogP contribution in [0.15, 0.2) is 48.1 Å². The Morgan fingerprint density at radius 2 is 2.04 bits per heavy atom. The Kier molecular flexibility index (Phi) is 4.92. The maximum atomic E-state index is 12.6. The van der Waals surface area contributed by atoms with Crippen molar-refractivity contribution in [3.05, 3.63) is 59.2 Å². The van der Waals surface area contributed by atoms with E-state index in [1.807, 2.05) is 42.6 Å². The second-order valence-electron chi connectivity index (χ2n) is 6.81. The zero-order valence-corrected chi connectivity index (χ0v) is 16.2. The first kappa shape index (κ1) is 17.7. The lowest BCUT2D eigenvalue weighted by molar-refractivity contribution is -0.133. The number of aromatic nitrogens is 2. The zero-order chi connectivity index (χ0) is 18.8. The Morgan fingerprint density at radius 1 is 1.19 bits per heavy atom. The molecule has 0 fully saturated rings. The van der Waals surface area contributed by atoms with E-state index >= 15 is 0 Å². The van der Waals surface area contributed by atoms with Gasteiger partial charge in [0.25, 0.3) is 0 Å². The van der Waals surface area contributed by atoms with Gasteiger partial charge in [0, 0.05) is 23.6 Å². The number of aromatic amines is 1. The van der Waals surface area contributed by atoms with Crippen molar-refractivity contribution >= 4 is 38.4 Å². The van der Waals surface area contributed by atoms with Crippen LogP contribution in [0.3, 0.4) is 0 Å². The lowest BCUT2D eigenvalue weighted by Crippen LogP contribution is -2.15. The third kappa shape index (κ3) is 3.72. The highest BCUT2D eigenvalue weighted by Gasteiger charge is 2.15. The Bertz CT molecular complexity index is 1100. The number of thiazole rings is 1. The van der Waals surface area contributed by atoms with E-state index in [9.17, 15) is 4.79 Å². The number of H-pyrrole nitrogens is 1. The SMILES string of the molecule is CN(C)CCc1c[nH]c2cccc(OC(=O)Cc3cccc4ncsc34)c12. The van der Waals surface area contributed by atoms with Gasteiger partial charge < -0.3 is 14.6 Å². The minimum absolute atomic E-state index is 0.230. The van der Waals surface area contributed by atoms with Crippen molar-refractivity contribution in [1.82, 2.24) is 14.9 Å². The van der Waals surface area contributed by atoms with Gasteiger partial charge in [-0.15, -0.1) is 11.3 Å². The summed E-state index contributed by atoms with van der Waals surface area (Å²) in [6, 6.07) is 11.6. The van der Waals surface area contributed by atoms with E-state index in [1.165, 1.54) is 0 Å². The molecule has 0 radical (unpaired) electrons. The van der Waals surface area contributed by atoms with Crippen LogP contribution in [0.1, 0.15) is 11.1 Å². The quantitative estimate of drug-likeness (QED) is 0.406. The molecule has 6 heteroatoms. The van der Waals surface area contributed by atoms with Crippen molar-refractivity contribution in [2.75, 3.05) is 20.6 Å². The van der Waals surface area contributed by atoms with Crippen LogP contribution in [-0.2, 0) is 17.6 Å². The first-order valence-corrected chi connectivity index (χ1v) is 9.75. The minimum atomic E-state index is -0.261. The molecule has 5 nitrogen and oxygen atoms in total. The molecular weight excluding hydrogens is 358 g/mol. The summed E-state index contributed by atoms with van der Waals surface area (Å²) in [4.78, 5) is 22.4. The minimum Gasteiger partial charge on any atom is -0.426 e. The Hall–Kier alpha value is -2.70. The second-order valence-corrected chi connectivity index (χ2v) is 7.67. The molecule has 4 aromatic rings. The summed E-state index contributed by atoms with van der Waals surface area (Å²) >= 11 is 1.55. The van der Waals surface area contributed by atoms with Crippen molar-refractivity contribution < 1.29 is 9.53 Å². The van der Waals surface area contributed by atoms with Crippen molar-refractivity contribution in [1.29, 1.82) is 0 Å². The molecule has 0 bridgehead atoms. The number of benzene rings is 2. The molecular formula is C21H21N3O2S. The molecule has 0 amide bonds. The van der Waals surface area contributed by atoms with Crippen LogP contribution in [0.2, 0.25) is 0 Å². The summed E-state index contributed by atoms with van der Waals surface area (Å²) in [7, 11) is 4.10. The van der Waals surface area contributed by atoms with E-state index in [0.29, 0.717) is 5.75 Å². The van der Waals surface area contributed by atoms with Crippen molar-refractivity contribution in [3.63, 3.8) is 0 Å². The number of hydrogen-bond donors (Lipinski definition) is 1. The van der Waals surface area contributed by atoms with Crippen molar-refractivity contribution in [3.8, 4) is 5.75 Å². The van der Waals surface area contributed by atoms with Crippen LogP contribution in [0.4, 0.5) is 0 Å². The first-order chi connectivity index (χ1) is 13.1. The van der Waals surface area contributed by atoms with Gasteiger partial charge in [-0.2, -0.15) is 0 Å². The average Bonchev–Trinajstić information content (AvgIpc) is 3.27. The average molecular weight is 379 g/mol. The normalized spacial score (nSPS) is 11.5. The summed E-state index contributed by atoms with van der Waals surface area (Å²) in [6.07, 6.45) is 3.12. The second kappa shape index (κ2) is 7.50. The number of esters is 1. The topological polar surface area (TPSA) is 58.2 Å². The van der Waals surface area contributed by atoms with Crippen LogP contribution < -0.4 is 4.74 Å². The van der Waals surface area contributed by atoms with Gasteiger partial charge in [0.2, 0.25) is 0 Å². The number of ether oxygens (including phenoxy) is 1. The fourth-order valence-electron chi connectivity index (χ4n) is 3.24. The molecule has 0 saturated heterocycles. The standard InChI is InChI=1S/C21H21N3O2S/c1-24(2)10-9-15-12-22-16-6-4-8-18(20(15)16)26-19(25)11-14-5-3-7-17-21(14)27-13-23-17/h3-8,12-13,22H,9-11H2,1-2H3. The Labute approximate surface area is 161 Å². The summed E-state index contributed by atoms with van der Waals surface area (Å²) in [5.74, 6) is 0.354. The molecule has 0 spiro atoms. The summed E-state index contributed by atoms with van der Waals surface area (Å²) < 4.78 is 6.82. The molecule has 1 N–H and O–H groups in total. The van der Waals surface area contributed by atoms with Gasteiger partial charge in [-0.25, -0.2) is 4.98 Å². The van der Waals surface area contributed by atoms with Crippen molar-refractivity contribution in [2.24, 2.45) is 0 Å². The summed E-state index contributed by atoms with van der Waals surface area (Å²) in [5, 5.41) is 0.990. The molecule has 0 aliphatic carbocycles. The van der Waals surface area contributed by atoms with E-state index in [0.717, 1.165) is 45.2 Å². The van der Waals surface area contributed by atoms with Crippen LogP contribution in [0.25, 0.3) is 21.1 Å². The molecule has 0 saturated carbocycles. The molecule has 2 aromatic carbocycles. The summed E-state index contributed by atoms with van der Waals surface area (Å²) in [6.45, 7) is 0.933. The molecule has 0 unspecified atom stereocenters. The van der Waals surface area contributed by atoms with E-state index in [1.54, 1.807) is 16.8 Å². The molecule has 0 aliphatic rings. The Balaban J connectivity index is 1.58. The van der Waals surface area contributed by atoms with E-state index in [-0.39, 0.29) is 12.4 Å². The lowest BCUT2D eigenvalue weighted by atomic mass is 10.1. The number of carbonyl (C=O) groups is 1. The highest BCUT2D eigenvalue weighted by atomic mass is 32.1. The van der Waals surface area contributed by atoms with Gasteiger partial charge in [-0.3, -0.25) is 4.79 Å². The largest absolute Gasteiger partial charge is 0.426 e. The number of likely N-dealkylation sites (N-methyl/N-ethyl adjacent to an activating group) is 1. The van der Waals surface area contributed by atoms with Gasteiger partial charge in [-0.1, -0.05) is 18.2 Å². The predicted octanol–water partition coefficient (Wildman–Crippen LogP) is 4.03. The third-order valence-electron chi connectivity index (χ3n) is 4.57. The molecule has 0 aliphatic heterocycles. The smallest absolute Gasteiger partial charge is 0.315 e. The maximum absolute atomic E-state index is 12.6. The van der Waals surface area contributed by atoms with E-state index in [4.69, 9.17) is 4.74 Å². The van der Waals surface area contributed by atoms with Crippen molar-refractivity contribution in [2.45, 2.75) is 12.8 Å². The van der Waals surface area contributed by atoms with Gasteiger partial charge >= 0.3 is 5.97 Å². The zero-order valence-electron chi connectivity index (χ0n) is 15.4. The highest BCUT2D eigenvalue weighted by Crippen LogP contribution is 2.30. The van der Waals surface area contributed by atoms with Gasteiger partial charge in [-0.05, 0) is 49.8 Å². The number of fused-ring (bicyclic) bond motifs is 2. The molecule has 4 rings (SSSR count). The fourth-order valence-corrected chi connectivity index (χ4v) is 4.05. The number of nitrogens with one attached hydrogen (secondary N) is 1. The van der Waals surface area contributed by atoms with Gasteiger partial charge in [0.1, 0.15) is 5.75 Å². The van der Waals surface area contributed by atoms with Gasteiger partial charge in [0.05, 0.1) is 22.1 Å². The Morgan fingerprint density at radius 3 is 2.89 bits per heavy atom. The highest BCUT2D eigenvalue weighted by molar-refractivity contribution is 7.17. The van der Waals surface area contributed by atoms with Crippen LogP contribution in [-0.4, -0.2) is 41.5 Å². The lowest BCUT2D eigenvalue weighted by Gasteiger charge is -2.10. The predicted molar refractivity (Wildman–Crippen MR) is 110 cm³/mol. The summed E-state index contributed by atoms with van der Waals surface area (Å²) in [5.41, 5.74) is 5.82. The van der Waals surface area contributed by atoms with E-state index < -0.39 is 0 Å². The monoisotopic (exact) mass is 379 g/mol. The molecule has 2 aromatic heterocycles. The van der Waals surface area contributed by atoms with Crippen LogP contribution in [0.5, 0.6) is 5.75 Å². The number of carbonyl (C=O) groups excluding carboxylic acids is 1. The van der Waals surface area contributed by atoms with Gasteiger partial charge in [0.15, 0.2) is 0 Å². The van der Waals surface area contributed by atoms with E-state index in [2.05, 4.69) is 29.0 Å². The number of nitrogens with zero attached hydrogens (tertiary/aromatic N) is 2. The van der Waals surface area contributed by atoms with Crippen LogP contribution >= 0.6 is 11.3 Å². The molecule has 0 atom stereocenters. The molecule has 2 heterocycles. The first-order valence-electron chi connectivity index (χ1n) is 8.87. The van der Waals surface area contributed by atoms with Crippen LogP contribution in [0, 0.1) is 0 Å². The third-order valence-corrected chi connectivity index (χ3v) is 5.49.